The summed E-state index contributed by atoms with van der Waals surface area (Å²) in [4.78, 5) is 1.01. The molecule has 108 heavy (non-hydrogen) atoms. The second kappa shape index (κ2) is 47.5. The van der Waals surface area contributed by atoms with Gasteiger partial charge in [0.1, 0.15) is 0 Å². The highest BCUT2D eigenvalue weighted by Crippen LogP contribution is 2.28. The molecular weight excluding hydrogens is 1440 g/mol. The molecule has 8 aromatic rings. The van der Waals surface area contributed by atoms with E-state index in [0.717, 1.165) is 94.5 Å². The molecule has 0 aliphatic heterocycles. The van der Waals surface area contributed by atoms with Gasteiger partial charge in [0.2, 0.25) is 40.1 Å². The van der Waals surface area contributed by atoms with Gasteiger partial charge in [-0.25, -0.2) is 52.6 Å². The highest BCUT2D eigenvalue weighted by molar-refractivity contribution is 7.90. The lowest BCUT2D eigenvalue weighted by atomic mass is 9.91. The van der Waals surface area contributed by atoms with E-state index in [0.29, 0.717) is 125 Å². The molecule has 0 radical (unpaired) electrons. The van der Waals surface area contributed by atoms with Gasteiger partial charge >= 0.3 is 0 Å². The molecule has 16 N–H and O–H groups in total. The van der Waals surface area contributed by atoms with Gasteiger partial charge in [-0.05, 0) is 268 Å². The minimum Gasteiger partial charge on any atom is -0.396 e. The molecule has 0 aliphatic carbocycles. The summed E-state index contributed by atoms with van der Waals surface area (Å²) in [5.74, 6) is 3.72. The van der Waals surface area contributed by atoms with Crippen molar-refractivity contribution in [1.82, 2.24) is 18.9 Å². The van der Waals surface area contributed by atoms with Gasteiger partial charge in [0.25, 0.3) is 0 Å². The predicted octanol–water partition coefficient (Wildman–Crippen LogP) is 13.1. The minimum atomic E-state index is -3.64. The third-order valence-electron chi connectivity index (χ3n) is 19.6. The van der Waals surface area contributed by atoms with Gasteiger partial charge in [-0.1, -0.05) is 177 Å². The molecule has 0 saturated carbocycles. The Labute approximate surface area is 646 Å². The molecule has 20 nitrogen and oxygen atoms in total. The highest BCUT2D eigenvalue weighted by Gasteiger charge is 2.27. The van der Waals surface area contributed by atoms with Crippen LogP contribution in [0.2, 0.25) is 0 Å². The maximum atomic E-state index is 12.8. The van der Waals surface area contributed by atoms with Crippen molar-refractivity contribution in [2.75, 3.05) is 52.6 Å². The molecule has 24 heteroatoms. The molecule has 8 aromatic carbocycles. The SMILES string of the molecule is CC(C)C[C@@H](CN)CC[C@@H](CCO)NS(=O)(=O)c1ccc2ccccc2c1.CC(C)C[C@@H](CN)CC[C@H](CCO)NS(=O)(=O)c1ccc2ccccc2c1.CC(C)C[C@H](CN)CC[C@@H](CCO)NS(=O)(=O)c1ccc2ccccc2c1.CC(C)C[C@H](CN)CC[C@H](CCO)NS(=O)(=O)c1ccc2ccccc2c1. The Morgan fingerprint density at radius 2 is 0.435 bits per heavy atom. The van der Waals surface area contributed by atoms with Crippen molar-refractivity contribution < 1.29 is 54.1 Å². The van der Waals surface area contributed by atoms with Crippen LogP contribution in [0.3, 0.4) is 0 Å². The van der Waals surface area contributed by atoms with Crippen molar-refractivity contribution in [3.63, 3.8) is 0 Å². The number of nitrogens with two attached hydrogens (primary N) is 4. The fourth-order valence-corrected chi connectivity index (χ4v) is 19.3. The molecule has 0 fully saturated rings. The lowest BCUT2D eigenvalue weighted by molar-refractivity contribution is 0.261. The van der Waals surface area contributed by atoms with Gasteiger partial charge in [0.15, 0.2) is 0 Å². The normalized spacial score (nSPS) is 14.6. The van der Waals surface area contributed by atoms with Crippen LogP contribution in [0.5, 0.6) is 0 Å². The maximum Gasteiger partial charge on any atom is 0.240 e. The zero-order valence-electron chi connectivity index (χ0n) is 65.1. The van der Waals surface area contributed by atoms with Crippen LogP contribution < -0.4 is 41.8 Å². The Hall–Kier alpha value is -5.88. The van der Waals surface area contributed by atoms with E-state index in [4.69, 9.17) is 22.9 Å². The maximum absolute atomic E-state index is 12.8. The van der Waals surface area contributed by atoms with Crippen molar-refractivity contribution in [2.45, 2.75) is 202 Å². The van der Waals surface area contributed by atoms with Crippen molar-refractivity contribution >= 4 is 83.2 Å². The first kappa shape index (κ1) is 92.7. The van der Waals surface area contributed by atoms with Crippen LogP contribution in [0.25, 0.3) is 43.1 Å². The van der Waals surface area contributed by atoms with E-state index in [-0.39, 0.29) is 70.2 Å². The van der Waals surface area contributed by atoms with Crippen LogP contribution in [-0.4, -0.2) is 131 Å². The molecule has 0 amide bonds. The summed E-state index contributed by atoms with van der Waals surface area (Å²) in [6.07, 6.45) is 11.8. The third-order valence-corrected chi connectivity index (χ3v) is 25.6. The van der Waals surface area contributed by atoms with Crippen LogP contribution in [0, 0.1) is 47.3 Å². The first-order valence-electron chi connectivity index (χ1n) is 38.7. The Morgan fingerprint density at radius 1 is 0.259 bits per heavy atom. The van der Waals surface area contributed by atoms with E-state index in [1.54, 1.807) is 48.5 Å². The first-order chi connectivity index (χ1) is 51.4. The summed E-state index contributed by atoms with van der Waals surface area (Å²) in [6, 6.07) is 50.0. The monoisotopic (exact) mass is 1570 g/mol. The van der Waals surface area contributed by atoms with E-state index < -0.39 is 40.1 Å². The number of aliphatic hydroxyl groups excluding tert-OH is 4. The van der Waals surface area contributed by atoms with Crippen LogP contribution in [0.4, 0.5) is 0 Å². The van der Waals surface area contributed by atoms with E-state index in [1.165, 1.54) is 0 Å². The quantitative estimate of drug-likeness (QED) is 0.0169. The number of rotatable bonds is 44. The van der Waals surface area contributed by atoms with Crippen LogP contribution >= 0.6 is 0 Å². The van der Waals surface area contributed by atoms with Gasteiger partial charge in [0, 0.05) is 50.6 Å². The standard InChI is InChI=1S/4C21H32N2O3S/c4*1-16(2)13-17(15-22)7-9-20(11-12-24)23-27(25,26)21-10-8-18-5-3-4-6-19(18)14-21/h4*3-6,8,10,14,16-17,20,23-24H,7,9,11-13,15,22H2,1-2H3/t2*17-,20+;2*17-,20-/m1010/s1. The highest BCUT2D eigenvalue weighted by atomic mass is 32.2. The number of fused-ring (bicyclic) bond motifs is 4. The topological polar surface area (TPSA) is 370 Å². The number of benzene rings is 8. The molecule has 0 bridgehead atoms. The lowest BCUT2D eigenvalue weighted by Gasteiger charge is -2.22. The fraction of sp³-hybridized carbons (Fsp3) is 0.524. The van der Waals surface area contributed by atoms with Gasteiger partial charge in [0.05, 0.1) is 19.6 Å². The van der Waals surface area contributed by atoms with Crippen LogP contribution in [0.1, 0.15) is 158 Å². The van der Waals surface area contributed by atoms with Gasteiger partial charge in [-0.15, -0.1) is 0 Å². The molecule has 8 rings (SSSR count). The predicted molar refractivity (Wildman–Crippen MR) is 444 cm³/mol. The smallest absolute Gasteiger partial charge is 0.240 e. The number of sulfonamides is 4. The molecule has 0 spiro atoms. The molecular formula is C84H128N8O12S4. The third kappa shape index (κ3) is 32.4. The lowest BCUT2D eigenvalue weighted by Crippen LogP contribution is -2.36. The molecule has 0 unspecified atom stereocenters. The summed E-state index contributed by atoms with van der Waals surface area (Å²) in [7, 11) is -14.6. The average Bonchev–Trinajstić information content (AvgIpc) is 0.825. The summed E-state index contributed by atoms with van der Waals surface area (Å²) in [6.45, 7) is 19.5. The number of hydrogen-bond donors (Lipinski definition) is 12. The summed E-state index contributed by atoms with van der Waals surface area (Å²) in [5.41, 5.74) is 23.5. The first-order valence-corrected chi connectivity index (χ1v) is 44.6. The Bertz CT molecular complexity index is 3840. The molecule has 0 saturated heterocycles. The molecule has 0 aliphatic rings. The zero-order chi connectivity index (χ0) is 79.5. The zero-order valence-corrected chi connectivity index (χ0v) is 68.3. The molecule has 0 heterocycles. The summed E-state index contributed by atoms with van der Waals surface area (Å²) in [5, 5.41) is 45.0. The number of aliphatic hydroxyl groups is 4. The Morgan fingerprint density at radius 3 is 0.593 bits per heavy atom. The summed E-state index contributed by atoms with van der Waals surface area (Å²) >= 11 is 0. The van der Waals surface area contributed by atoms with E-state index >= 15 is 0 Å². The van der Waals surface area contributed by atoms with Crippen molar-refractivity contribution in [3.8, 4) is 0 Å². The van der Waals surface area contributed by atoms with Crippen molar-refractivity contribution in [1.29, 1.82) is 0 Å². The van der Waals surface area contributed by atoms with E-state index in [2.05, 4.69) is 74.3 Å². The average molecular weight is 1570 g/mol. The number of nitrogens with one attached hydrogen (secondary N) is 4. The largest absolute Gasteiger partial charge is 0.396 e. The minimum absolute atomic E-state index is 0.0532. The van der Waals surface area contributed by atoms with Crippen LogP contribution in [0.15, 0.2) is 189 Å². The molecule has 8 atom stereocenters. The van der Waals surface area contributed by atoms with Crippen molar-refractivity contribution in [3.05, 3.63) is 170 Å². The summed E-state index contributed by atoms with van der Waals surface area (Å²) < 4.78 is 114. The Kier molecular flexibility index (Phi) is 40.8. The van der Waals surface area contributed by atoms with Gasteiger partial charge < -0.3 is 43.4 Å². The molecule has 600 valence electrons. The van der Waals surface area contributed by atoms with Crippen LogP contribution in [-0.2, 0) is 40.1 Å². The van der Waals surface area contributed by atoms with E-state index in [1.807, 2.05) is 121 Å². The number of hydrogen-bond acceptors (Lipinski definition) is 16. The Balaban J connectivity index is 0.000000258. The molecule has 0 aromatic heterocycles. The second-order valence-electron chi connectivity index (χ2n) is 30.6. The van der Waals surface area contributed by atoms with E-state index in [9.17, 15) is 54.1 Å². The van der Waals surface area contributed by atoms with Gasteiger partial charge in [-0.3, -0.25) is 0 Å². The van der Waals surface area contributed by atoms with Gasteiger partial charge in [-0.2, -0.15) is 0 Å². The van der Waals surface area contributed by atoms with Crippen molar-refractivity contribution in [2.24, 2.45) is 70.3 Å². The fourth-order valence-electron chi connectivity index (χ4n) is 13.9. The second-order valence-corrected chi connectivity index (χ2v) is 37.4.